The Hall–Kier alpha value is -1.14. The topological polar surface area (TPSA) is 55.9 Å². The Morgan fingerprint density at radius 1 is 1.06 bits per heavy atom. The van der Waals surface area contributed by atoms with E-state index in [0.717, 1.165) is 19.5 Å². The number of nitrogens with zero attached hydrogens (tertiary/aromatic N) is 3. The van der Waals surface area contributed by atoms with Crippen LogP contribution in [0.4, 0.5) is 0 Å². The van der Waals surface area contributed by atoms with Gasteiger partial charge in [0.15, 0.2) is 0 Å². The van der Waals surface area contributed by atoms with Gasteiger partial charge in [0.25, 0.3) is 0 Å². The fourth-order valence-corrected chi connectivity index (χ4v) is 2.49. The second-order valence-corrected chi connectivity index (χ2v) is 5.20. The van der Waals surface area contributed by atoms with Gasteiger partial charge in [0.1, 0.15) is 0 Å². The average molecular weight is 254 g/mol. The number of amides is 2. The third-order valence-corrected chi connectivity index (χ3v) is 3.77. The Morgan fingerprint density at radius 2 is 1.67 bits per heavy atom. The molecule has 6 heteroatoms. The molecule has 0 aromatic rings. The number of hydrogen-bond donors (Lipinski definition) is 1. The zero-order chi connectivity index (χ0) is 13.1. The normalized spacial score (nSPS) is 24.7. The predicted octanol–water partition coefficient (Wildman–Crippen LogP) is -1.42. The smallest absolute Gasteiger partial charge is 0.312 e. The molecular weight excluding hydrogens is 232 g/mol. The van der Waals surface area contributed by atoms with Crippen molar-refractivity contribution in [3.05, 3.63) is 0 Å². The Bertz CT molecular complexity index is 326. The van der Waals surface area contributed by atoms with Crippen LogP contribution in [0.2, 0.25) is 0 Å². The second-order valence-electron chi connectivity index (χ2n) is 5.20. The molecule has 0 aromatic heterocycles. The molecule has 1 N–H and O–H groups in total. The van der Waals surface area contributed by atoms with Gasteiger partial charge in [-0.15, -0.1) is 0 Å². The number of hydrogen-bond acceptors (Lipinski definition) is 4. The van der Waals surface area contributed by atoms with E-state index in [-0.39, 0.29) is 11.8 Å². The summed E-state index contributed by atoms with van der Waals surface area (Å²) >= 11 is 0. The molecule has 0 saturated carbocycles. The van der Waals surface area contributed by atoms with Gasteiger partial charge < -0.3 is 20.0 Å². The lowest BCUT2D eigenvalue weighted by atomic mass is 10.2. The standard InChI is InChI=1S/C12H22N4O2/c1-14(2)10-3-6-16(9-10)12(18)11(17)15-7-4-13-5-8-15/h10,13H,3-9H2,1-2H3. The van der Waals surface area contributed by atoms with Crippen LogP contribution < -0.4 is 5.32 Å². The van der Waals surface area contributed by atoms with Gasteiger partial charge in [-0.3, -0.25) is 9.59 Å². The minimum absolute atomic E-state index is 0.332. The molecule has 1 unspecified atom stereocenters. The number of nitrogens with one attached hydrogen (secondary N) is 1. The van der Waals surface area contributed by atoms with Crippen LogP contribution in [-0.4, -0.2) is 85.9 Å². The summed E-state index contributed by atoms with van der Waals surface area (Å²) in [5.41, 5.74) is 0. The largest absolute Gasteiger partial charge is 0.333 e. The number of likely N-dealkylation sites (tertiary alicyclic amines) is 1. The first-order valence-electron chi connectivity index (χ1n) is 6.55. The molecule has 2 rings (SSSR count). The molecule has 0 bridgehead atoms. The molecule has 1 atom stereocenters. The molecule has 2 aliphatic rings. The maximum absolute atomic E-state index is 12.1. The quantitative estimate of drug-likeness (QED) is 0.584. The second kappa shape index (κ2) is 5.67. The van der Waals surface area contributed by atoms with Gasteiger partial charge in [-0.2, -0.15) is 0 Å². The molecule has 2 heterocycles. The fourth-order valence-electron chi connectivity index (χ4n) is 2.49. The Labute approximate surface area is 108 Å². The summed E-state index contributed by atoms with van der Waals surface area (Å²) in [4.78, 5) is 29.6. The summed E-state index contributed by atoms with van der Waals surface area (Å²) in [6.45, 7) is 4.19. The van der Waals surface area contributed by atoms with E-state index in [1.807, 2.05) is 14.1 Å². The average Bonchev–Trinajstić information content (AvgIpc) is 2.88. The van der Waals surface area contributed by atoms with Crippen molar-refractivity contribution in [3.63, 3.8) is 0 Å². The molecule has 0 aliphatic carbocycles. The number of likely N-dealkylation sites (N-methyl/N-ethyl adjacent to an activating group) is 1. The highest BCUT2D eigenvalue weighted by Gasteiger charge is 2.33. The first kappa shape index (κ1) is 13.3. The molecule has 2 fully saturated rings. The summed E-state index contributed by atoms with van der Waals surface area (Å²) < 4.78 is 0. The highest BCUT2D eigenvalue weighted by atomic mass is 16.2. The van der Waals surface area contributed by atoms with Crippen molar-refractivity contribution in [3.8, 4) is 0 Å². The molecule has 2 saturated heterocycles. The van der Waals surface area contributed by atoms with Gasteiger partial charge in [0.05, 0.1) is 0 Å². The number of carbonyl (C=O) groups excluding carboxylic acids is 2. The lowest BCUT2D eigenvalue weighted by Crippen LogP contribution is -2.52. The molecule has 0 radical (unpaired) electrons. The van der Waals surface area contributed by atoms with Crippen molar-refractivity contribution >= 4 is 11.8 Å². The number of carbonyl (C=O) groups is 2. The first-order valence-corrected chi connectivity index (χ1v) is 6.55. The van der Waals surface area contributed by atoms with Crippen molar-refractivity contribution in [2.45, 2.75) is 12.5 Å². The van der Waals surface area contributed by atoms with Crippen LogP contribution in [-0.2, 0) is 9.59 Å². The zero-order valence-corrected chi connectivity index (χ0v) is 11.2. The van der Waals surface area contributed by atoms with Gasteiger partial charge in [-0.25, -0.2) is 0 Å². The van der Waals surface area contributed by atoms with Crippen LogP contribution in [0.25, 0.3) is 0 Å². The van der Waals surface area contributed by atoms with Crippen LogP contribution in [0.3, 0.4) is 0 Å². The van der Waals surface area contributed by atoms with E-state index in [1.165, 1.54) is 0 Å². The van der Waals surface area contributed by atoms with Crippen molar-refractivity contribution in [2.24, 2.45) is 0 Å². The highest BCUT2D eigenvalue weighted by molar-refractivity contribution is 6.35. The van der Waals surface area contributed by atoms with Gasteiger partial charge in [0.2, 0.25) is 0 Å². The Kier molecular flexibility index (Phi) is 4.19. The summed E-state index contributed by atoms with van der Waals surface area (Å²) in [5, 5.41) is 3.17. The summed E-state index contributed by atoms with van der Waals surface area (Å²) in [7, 11) is 4.02. The maximum Gasteiger partial charge on any atom is 0.312 e. The van der Waals surface area contributed by atoms with Gasteiger partial charge in [0, 0.05) is 45.3 Å². The Morgan fingerprint density at radius 3 is 2.22 bits per heavy atom. The van der Waals surface area contributed by atoms with Crippen LogP contribution >= 0.6 is 0 Å². The van der Waals surface area contributed by atoms with Gasteiger partial charge in [-0.05, 0) is 20.5 Å². The van der Waals surface area contributed by atoms with E-state index >= 15 is 0 Å². The lowest BCUT2D eigenvalue weighted by molar-refractivity contribution is -0.151. The molecule has 6 nitrogen and oxygen atoms in total. The summed E-state index contributed by atoms with van der Waals surface area (Å²) in [6, 6.07) is 0.379. The van der Waals surface area contributed by atoms with E-state index in [2.05, 4.69) is 10.2 Å². The van der Waals surface area contributed by atoms with Crippen LogP contribution in [0.1, 0.15) is 6.42 Å². The van der Waals surface area contributed by atoms with E-state index < -0.39 is 0 Å². The predicted molar refractivity (Wildman–Crippen MR) is 68.1 cm³/mol. The van der Waals surface area contributed by atoms with Gasteiger partial charge >= 0.3 is 11.8 Å². The zero-order valence-electron chi connectivity index (χ0n) is 11.2. The van der Waals surface area contributed by atoms with Crippen LogP contribution in [0.5, 0.6) is 0 Å². The lowest BCUT2D eigenvalue weighted by Gasteiger charge is -2.28. The van der Waals surface area contributed by atoms with Crippen molar-refractivity contribution in [1.29, 1.82) is 0 Å². The van der Waals surface area contributed by atoms with Crippen molar-refractivity contribution in [1.82, 2.24) is 20.0 Å². The monoisotopic (exact) mass is 254 g/mol. The van der Waals surface area contributed by atoms with Crippen molar-refractivity contribution in [2.75, 3.05) is 53.4 Å². The minimum Gasteiger partial charge on any atom is -0.333 e. The maximum atomic E-state index is 12.1. The third kappa shape index (κ3) is 2.81. The molecule has 2 amide bonds. The highest BCUT2D eigenvalue weighted by Crippen LogP contribution is 2.14. The van der Waals surface area contributed by atoms with Crippen molar-refractivity contribution < 1.29 is 9.59 Å². The minimum atomic E-state index is -0.337. The molecule has 0 spiro atoms. The molecule has 18 heavy (non-hydrogen) atoms. The number of rotatable bonds is 1. The van der Waals surface area contributed by atoms with Gasteiger partial charge in [-0.1, -0.05) is 0 Å². The summed E-state index contributed by atoms with van der Waals surface area (Å²) in [5.74, 6) is -0.669. The SMILES string of the molecule is CN(C)C1CCN(C(=O)C(=O)N2CCNCC2)C1. The Balaban J connectivity index is 1.89. The van der Waals surface area contributed by atoms with E-state index in [9.17, 15) is 9.59 Å². The van der Waals surface area contributed by atoms with E-state index in [4.69, 9.17) is 0 Å². The molecular formula is C12H22N4O2. The number of piperazine rings is 1. The summed E-state index contributed by atoms with van der Waals surface area (Å²) in [6.07, 6.45) is 0.952. The van der Waals surface area contributed by atoms with Crippen LogP contribution in [0, 0.1) is 0 Å². The van der Waals surface area contributed by atoms with Crippen LogP contribution in [0.15, 0.2) is 0 Å². The van der Waals surface area contributed by atoms with E-state index in [1.54, 1.807) is 9.80 Å². The first-order chi connectivity index (χ1) is 8.59. The molecule has 102 valence electrons. The molecule has 0 aromatic carbocycles. The fraction of sp³-hybridized carbons (Fsp3) is 0.833. The molecule has 2 aliphatic heterocycles. The van der Waals surface area contributed by atoms with E-state index in [0.29, 0.717) is 32.2 Å². The third-order valence-electron chi connectivity index (χ3n) is 3.77.